The van der Waals surface area contributed by atoms with Crippen LogP contribution in [0.2, 0.25) is 0 Å². The van der Waals surface area contributed by atoms with Crippen molar-refractivity contribution in [3.05, 3.63) is 29.8 Å². The summed E-state index contributed by atoms with van der Waals surface area (Å²) in [6, 6.07) is 9.93. The molecule has 1 aliphatic carbocycles. The van der Waals surface area contributed by atoms with E-state index in [0.717, 1.165) is 25.0 Å². The Morgan fingerprint density at radius 1 is 1.21 bits per heavy atom. The quantitative estimate of drug-likeness (QED) is 0.764. The summed E-state index contributed by atoms with van der Waals surface area (Å²) in [7, 11) is 0. The van der Waals surface area contributed by atoms with Gasteiger partial charge in [0.05, 0.1) is 0 Å². The molecule has 2 nitrogen and oxygen atoms in total. The molecule has 1 N–H and O–H groups in total. The van der Waals surface area contributed by atoms with Crippen molar-refractivity contribution < 1.29 is 0 Å². The fourth-order valence-electron chi connectivity index (χ4n) is 2.38. The highest BCUT2D eigenvalue weighted by atomic mass is 15.2. The van der Waals surface area contributed by atoms with Crippen LogP contribution in [0, 0.1) is 5.92 Å². The van der Waals surface area contributed by atoms with Crippen LogP contribution in [0.1, 0.15) is 45.6 Å². The van der Waals surface area contributed by atoms with Crippen LogP contribution in [0.25, 0.3) is 0 Å². The number of nitrogens with zero attached hydrogens (tertiary/aromatic N) is 1. The zero-order chi connectivity index (χ0) is 13.7. The minimum absolute atomic E-state index is 0.786. The minimum atomic E-state index is 0.786. The molecule has 0 spiro atoms. The van der Waals surface area contributed by atoms with Gasteiger partial charge in [-0.15, -0.1) is 0 Å². The molecule has 2 heteroatoms. The van der Waals surface area contributed by atoms with Crippen LogP contribution < -0.4 is 10.2 Å². The maximum Gasteiger partial charge on any atom is 0.0368 e. The standard InChI is InChI=1S/C17H28N2/c1-4-18-13-15-5-7-16(8-6-15)19(17-9-10-17)12-11-14(2)3/h5-8,14,17-18H,4,9-13H2,1-3H3. The molecule has 106 valence electrons. The molecule has 0 heterocycles. The van der Waals surface area contributed by atoms with Gasteiger partial charge >= 0.3 is 0 Å². The van der Waals surface area contributed by atoms with Gasteiger partial charge in [-0.25, -0.2) is 0 Å². The van der Waals surface area contributed by atoms with Gasteiger partial charge in [0.1, 0.15) is 0 Å². The van der Waals surface area contributed by atoms with Crippen molar-refractivity contribution in [3.8, 4) is 0 Å². The Morgan fingerprint density at radius 2 is 1.89 bits per heavy atom. The van der Waals surface area contributed by atoms with E-state index in [1.54, 1.807) is 0 Å². The molecule has 1 saturated carbocycles. The van der Waals surface area contributed by atoms with E-state index in [1.165, 1.54) is 37.1 Å². The van der Waals surface area contributed by atoms with E-state index in [9.17, 15) is 0 Å². The zero-order valence-corrected chi connectivity index (χ0v) is 12.7. The largest absolute Gasteiger partial charge is 0.369 e. The van der Waals surface area contributed by atoms with Crippen molar-refractivity contribution in [2.24, 2.45) is 5.92 Å². The zero-order valence-electron chi connectivity index (χ0n) is 12.7. The number of rotatable bonds is 8. The molecule has 0 atom stereocenters. The fraction of sp³-hybridized carbons (Fsp3) is 0.647. The summed E-state index contributed by atoms with van der Waals surface area (Å²) in [6.07, 6.45) is 4.03. The van der Waals surface area contributed by atoms with Crippen molar-refractivity contribution in [2.45, 2.75) is 52.6 Å². The smallest absolute Gasteiger partial charge is 0.0368 e. The van der Waals surface area contributed by atoms with E-state index in [2.05, 4.69) is 55.3 Å². The third kappa shape index (κ3) is 4.54. The predicted molar refractivity (Wildman–Crippen MR) is 83.6 cm³/mol. The number of benzene rings is 1. The molecular weight excluding hydrogens is 232 g/mol. The topological polar surface area (TPSA) is 15.3 Å². The van der Waals surface area contributed by atoms with Gasteiger partial charge in [0.25, 0.3) is 0 Å². The number of hydrogen-bond acceptors (Lipinski definition) is 2. The molecule has 0 unspecified atom stereocenters. The van der Waals surface area contributed by atoms with Gasteiger partial charge in [-0.1, -0.05) is 32.9 Å². The first-order chi connectivity index (χ1) is 9.20. The van der Waals surface area contributed by atoms with Crippen LogP contribution >= 0.6 is 0 Å². The SMILES string of the molecule is CCNCc1ccc(N(CCC(C)C)C2CC2)cc1. The Labute approximate surface area is 118 Å². The van der Waals surface area contributed by atoms with E-state index < -0.39 is 0 Å². The highest BCUT2D eigenvalue weighted by molar-refractivity contribution is 5.49. The van der Waals surface area contributed by atoms with E-state index in [4.69, 9.17) is 0 Å². The second kappa shape index (κ2) is 6.95. The Hall–Kier alpha value is -1.02. The Kier molecular flexibility index (Phi) is 5.26. The first-order valence-corrected chi connectivity index (χ1v) is 7.77. The van der Waals surface area contributed by atoms with Crippen molar-refractivity contribution in [2.75, 3.05) is 18.0 Å². The average Bonchev–Trinajstić information content (AvgIpc) is 3.22. The first-order valence-electron chi connectivity index (χ1n) is 7.77. The highest BCUT2D eigenvalue weighted by Gasteiger charge is 2.28. The number of hydrogen-bond donors (Lipinski definition) is 1. The maximum atomic E-state index is 3.37. The Morgan fingerprint density at radius 3 is 2.42 bits per heavy atom. The van der Waals surface area contributed by atoms with Crippen LogP contribution in [-0.2, 0) is 6.54 Å². The molecule has 0 aromatic heterocycles. The van der Waals surface area contributed by atoms with Crippen molar-refractivity contribution in [1.82, 2.24) is 5.32 Å². The number of nitrogens with one attached hydrogen (secondary N) is 1. The van der Waals surface area contributed by atoms with Gasteiger partial charge in [0.2, 0.25) is 0 Å². The van der Waals surface area contributed by atoms with Gasteiger partial charge in [0.15, 0.2) is 0 Å². The summed E-state index contributed by atoms with van der Waals surface area (Å²) < 4.78 is 0. The normalized spacial score (nSPS) is 14.9. The van der Waals surface area contributed by atoms with Gasteiger partial charge in [0, 0.05) is 24.8 Å². The highest BCUT2D eigenvalue weighted by Crippen LogP contribution is 2.32. The minimum Gasteiger partial charge on any atom is -0.369 e. The van der Waals surface area contributed by atoms with E-state index in [1.807, 2.05) is 0 Å². The molecule has 2 rings (SSSR count). The first kappa shape index (κ1) is 14.4. The molecule has 1 fully saturated rings. The van der Waals surface area contributed by atoms with Gasteiger partial charge in [-0.3, -0.25) is 0 Å². The van der Waals surface area contributed by atoms with Gasteiger partial charge in [-0.2, -0.15) is 0 Å². The summed E-state index contributed by atoms with van der Waals surface area (Å²) in [4.78, 5) is 2.61. The summed E-state index contributed by atoms with van der Waals surface area (Å²) in [5, 5.41) is 3.37. The van der Waals surface area contributed by atoms with E-state index in [-0.39, 0.29) is 0 Å². The summed E-state index contributed by atoms with van der Waals surface area (Å²) in [6.45, 7) is 9.98. The lowest BCUT2D eigenvalue weighted by Gasteiger charge is -2.26. The Bertz CT molecular complexity index is 365. The molecule has 0 saturated heterocycles. The van der Waals surface area contributed by atoms with Crippen molar-refractivity contribution >= 4 is 5.69 Å². The lowest BCUT2D eigenvalue weighted by molar-refractivity contribution is 0.570. The van der Waals surface area contributed by atoms with Crippen molar-refractivity contribution in [1.29, 1.82) is 0 Å². The fourth-order valence-corrected chi connectivity index (χ4v) is 2.38. The lowest BCUT2D eigenvalue weighted by Crippen LogP contribution is -2.27. The molecule has 1 aromatic carbocycles. The molecule has 0 aliphatic heterocycles. The third-order valence-electron chi connectivity index (χ3n) is 3.78. The molecule has 0 amide bonds. The van der Waals surface area contributed by atoms with Gasteiger partial charge < -0.3 is 10.2 Å². The second-order valence-corrected chi connectivity index (χ2v) is 6.05. The maximum absolute atomic E-state index is 3.37. The van der Waals surface area contributed by atoms with E-state index >= 15 is 0 Å². The molecule has 1 aromatic rings. The van der Waals surface area contributed by atoms with Gasteiger partial charge in [-0.05, 0) is 49.4 Å². The van der Waals surface area contributed by atoms with Crippen LogP contribution in [-0.4, -0.2) is 19.1 Å². The number of anilines is 1. The molecular formula is C17H28N2. The lowest BCUT2D eigenvalue weighted by atomic mass is 10.1. The molecule has 1 aliphatic rings. The van der Waals surface area contributed by atoms with Crippen LogP contribution in [0.5, 0.6) is 0 Å². The Balaban J connectivity index is 1.96. The van der Waals surface area contributed by atoms with E-state index in [0.29, 0.717) is 0 Å². The molecule has 0 radical (unpaired) electrons. The van der Waals surface area contributed by atoms with Crippen LogP contribution in [0.3, 0.4) is 0 Å². The van der Waals surface area contributed by atoms with Crippen LogP contribution in [0.4, 0.5) is 5.69 Å². The summed E-state index contributed by atoms with van der Waals surface area (Å²) >= 11 is 0. The molecule has 19 heavy (non-hydrogen) atoms. The summed E-state index contributed by atoms with van der Waals surface area (Å²) in [5.41, 5.74) is 2.79. The van der Waals surface area contributed by atoms with Crippen LogP contribution in [0.15, 0.2) is 24.3 Å². The summed E-state index contributed by atoms with van der Waals surface area (Å²) in [5.74, 6) is 0.786. The third-order valence-corrected chi connectivity index (χ3v) is 3.78. The molecule has 0 bridgehead atoms. The predicted octanol–water partition coefficient (Wildman–Crippen LogP) is 3.81. The second-order valence-electron chi connectivity index (χ2n) is 6.05. The van der Waals surface area contributed by atoms with Crippen molar-refractivity contribution in [3.63, 3.8) is 0 Å². The monoisotopic (exact) mass is 260 g/mol. The average molecular weight is 260 g/mol.